The molecule has 1 rings (SSSR count). The zero-order chi connectivity index (χ0) is 25.9. The highest BCUT2D eigenvalue weighted by Gasteiger charge is 2.41. The summed E-state index contributed by atoms with van der Waals surface area (Å²) in [6.07, 6.45) is 18.0. The van der Waals surface area contributed by atoms with Crippen molar-refractivity contribution in [3.8, 4) is 0 Å². The lowest BCUT2D eigenvalue weighted by molar-refractivity contribution is -0.181. The molecule has 1 N–H and O–H groups in total. The molecule has 1 aliphatic rings. The lowest BCUT2D eigenvalue weighted by Crippen LogP contribution is -2.47. The van der Waals surface area contributed by atoms with Gasteiger partial charge >= 0.3 is 11.9 Å². The van der Waals surface area contributed by atoms with Crippen LogP contribution < -0.4 is 5.32 Å². The van der Waals surface area contributed by atoms with E-state index in [1.165, 1.54) is 44.9 Å². The minimum Gasteiger partial charge on any atom is -0.462 e. The van der Waals surface area contributed by atoms with E-state index in [0.29, 0.717) is 25.7 Å². The molecule has 6 heteroatoms. The van der Waals surface area contributed by atoms with Crippen molar-refractivity contribution in [3.63, 3.8) is 0 Å². The maximum atomic E-state index is 12.9. The fourth-order valence-corrected chi connectivity index (χ4v) is 4.98. The number of carbonyl (C=O) groups excluding carboxylic acids is 3. The van der Waals surface area contributed by atoms with Gasteiger partial charge in [0, 0.05) is 6.42 Å². The van der Waals surface area contributed by atoms with E-state index in [2.05, 4.69) is 19.2 Å². The van der Waals surface area contributed by atoms with Crippen LogP contribution in [0.25, 0.3) is 0 Å². The van der Waals surface area contributed by atoms with Crippen molar-refractivity contribution in [2.75, 3.05) is 0 Å². The van der Waals surface area contributed by atoms with E-state index >= 15 is 0 Å². The minimum absolute atomic E-state index is 0.195. The Morgan fingerprint density at radius 3 is 2.06 bits per heavy atom. The molecule has 1 amide bonds. The summed E-state index contributed by atoms with van der Waals surface area (Å²) in [4.78, 5) is 36.8. The van der Waals surface area contributed by atoms with E-state index in [1.807, 2.05) is 13.8 Å². The van der Waals surface area contributed by atoms with Crippen LogP contribution in [-0.4, -0.2) is 36.6 Å². The lowest BCUT2D eigenvalue weighted by Gasteiger charge is -2.35. The number of hydrogen-bond acceptors (Lipinski definition) is 5. The first kappa shape index (κ1) is 31.4. The topological polar surface area (TPSA) is 81.7 Å². The smallest absolute Gasteiger partial charge is 0.328 e. The summed E-state index contributed by atoms with van der Waals surface area (Å²) >= 11 is 0. The number of unbranched alkanes of at least 4 members (excludes halogenated alkanes) is 11. The maximum Gasteiger partial charge on any atom is 0.328 e. The summed E-state index contributed by atoms with van der Waals surface area (Å²) < 4.78 is 11.7. The van der Waals surface area contributed by atoms with Gasteiger partial charge < -0.3 is 14.8 Å². The number of nitrogens with one attached hydrogen (secondary N) is 1. The van der Waals surface area contributed by atoms with Gasteiger partial charge in [-0.15, -0.1) is 0 Å². The Bertz CT molecular complexity index is 579. The molecule has 1 fully saturated rings. The third kappa shape index (κ3) is 13.9. The molecule has 0 aromatic rings. The monoisotopic (exact) mass is 495 g/mol. The summed E-state index contributed by atoms with van der Waals surface area (Å²) in [6.45, 7) is 8.40. The summed E-state index contributed by atoms with van der Waals surface area (Å²) in [5.41, 5.74) is 0. The van der Waals surface area contributed by atoms with Crippen molar-refractivity contribution in [3.05, 3.63) is 0 Å². The van der Waals surface area contributed by atoms with Crippen LogP contribution >= 0.6 is 0 Å². The van der Waals surface area contributed by atoms with Crippen LogP contribution in [0.2, 0.25) is 0 Å². The Kier molecular flexibility index (Phi) is 17.6. The first-order valence-electron chi connectivity index (χ1n) is 14.5. The number of carbonyl (C=O) groups is 3. The zero-order valence-electron chi connectivity index (χ0n) is 23.0. The Morgan fingerprint density at radius 1 is 0.943 bits per heavy atom. The Hall–Kier alpha value is -1.59. The highest BCUT2D eigenvalue weighted by molar-refractivity contribution is 5.79. The van der Waals surface area contributed by atoms with E-state index in [1.54, 1.807) is 0 Å². The van der Waals surface area contributed by atoms with Gasteiger partial charge in [-0.25, -0.2) is 4.79 Å². The Labute approximate surface area is 214 Å². The molecule has 204 valence electrons. The normalized spacial score (nSPS) is 20.9. The van der Waals surface area contributed by atoms with Crippen molar-refractivity contribution >= 4 is 18.3 Å². The van der Waals surface area contributed by atoms with E-state index in [-0.39, 0.29) is 18.0 Å². The summed E-state index contributed by atoms with van der Waals surface area (Å²) in [7, 11) is 0. The van der Waals surface area contributed by atoms with Crippen LogP contribution in [0.15, 0.2) is 0 Å². The van der Waals surface area contributed by atoms with Crippen LogP contribution in [0.3, 0.4) is 0 Å². The molecular formula is C29H53NO5. The lowest BCUT2D eigenvalue weighted by atomic mass is 9.87. The minimum atomic E-state index is -0.679. The van der Waals surface area contributed by atoms with Crippen LogP contribution in [0.4, 0.5) is 0 Å². The first-order valence-corrected chi connectivity index (χ1v) is 14.5. The Morgan fingerprint density at radius 2 is 1.49 bits per heavy atom. The van der Waals surface area contributed by atoms with E-state index in [9.17, 15) is 14.4 Å². The molecule has 0 aromatic heterocycles. The van der Waals surface area contributed by atoms with Gasteiger partial charge in [0.05, 0.1) is 5.92 Å². The van der Waals surface area contributed by atoms with Crippen LogP contribution in [-0.2, 0) is 23.9 Å². The highest BCUT2D eigenvalue weighted by atomic mass is 16.6. The van der Waals surface area contributed by atoms with E-state index in [0.717, 1.165) is 44.9 Å². The largest absolute Gasteiger partial charge is 0.462 e. The van der Waals surface area contributed by atoms with Crippen molar-refractivity contribution in [1.82, 2.24) is 5.32 Å². The molecule has 4 atom stereocenters. The number of ether oxygens (including phenoxy) is 2. The second-order valence-electron chi connectivity index (χ2n) is 10.8. The van der Waals surface area contributed by atoms with Gasteiger partial charge in [-0.2, -0.15) is 0 Å². The standard InChI is InChI=1S/C29H53NO5/c1-5-7-9-11-12-13-14-15-16-18-24-21-27(25(28(32)34-24)19-17-10-8-6-2)35-29(33)26(30-22-31)20-23(3)4/h22-27H,5-21H2,1-4H3,(H,30,31)/t24?,25?,26-,27?/m0/s1. The van der Waals surface area contributed by atoms with Crippen LogP contribution in [0.1, 0.15) is 137 Å². The average Bonchev–Trinajstić information content (AvgIpc) is 2.81. The number of rotatable bonds is 21. The molecule has 6 nitrogen and oxygen atoms in total. The van der Waals surface area contributed by atoms with Crippen LogP contribution in [0, 0.1) is 11.8 Å². The van der Waals surface area contributed by atoms with Gasteiger partial charge in [0.1, 0.15) is 18.2 Å². The molecule has 0 radical (unpaired) electrons. The quantitative estimate of drug-likeness (QED) is 0.107. The van der Waals surface area contributed by atoms with Gasteiger partial charge in [0.15, 0.2) is 0 Å². The van der Waals surface area contributed by atoms with E-state index in [4.69, 9.17) is 9.47 Å². The third-order valence-electron chi connectivity index (χ3n) is 7.06. The molecule has 0 aromatic carbocycles. The number of hydrogen-bond donors (Lipinski definition) is 1. The summed E-state index contributed by atoms with van der Waals surface area (Å²) in [6, 6.07) is -0.679. The molecule has 0 spiro atoms. The van der Waals surface area contributed by atoms with Gasteiger partial charge in [0.2, 0.25) is 6.41 Å². The van der Waals surface area contributed by atoms with Crippen molar-refractivity contribution in [1.29, 1.82) is 0 Å². The summed E-state index contributed by atoms with van der Waals surface area (Å²) in [5.74, 6) is -0.840. The maximum absolute atomic E-state index is 12.9. The fourth-order valence-electron chi connectivity index (χ4n) is 4.98. The number of cyclic esters (lactones) is 1. The van der Waals surface area contributed by atoms with Gasteiger partial charge in [-0.05, 0) is 31.6 Å². The molecule has 0 bridgehead atoms. The second-order valence-corrected chi connectivity index (χ2v) is 10.8. The molecule has 1 heterocycles. The third-order valence-corrected chi connectivity index (χ3v) is 7.06. The molecule has 3 unspecified atom stereocenters. The van der Waals surface area contributed by atoms with Gasteiger partial charge in [0.25, 0.3) is 0 Å². The van der Waals surface area contributed by atoms with Crippen molar-refractivity contribution in [2.24, 2.45) is 11.8 Å². The van der Waals surface area contributed by atoms with E-state index < -0.39 is 24.0 Å². The average molecular weight is 496 g/mol. The first-order chi connectivity index (χ1) is 16.9. The number of esters is 2. The van der Waals surface area contributed by atoms with Crippen LogP contribution in [0.5, 0.6) is 0 Å². The Balaban J connectivity index is 2.61. The predicted molar refractivity (Wildman–Crippen MR) is 141 cm³/mol. The highest BCUT2D eigenvalue weighted by Crippen LogP contribution is 2.31. The fraction of sp³-hybridized carbons (Fsp3) is 0.897. The predicted octanol–water partition coefficient (Wildman–Crippen LogP) is 6.88. The molecule has 0 aliphatic carbocycles. The molecular weight excluding hydrogens is 442 g/mol. The zero-order valence-corrected chi connectivity index (χ0v) is 23.0. The molecule has 1 aliphatic heterocycles. The molecule has 0 saturated carbocycles. The SMILES string of the molecule is CCCCCCCCCCCC1CC(OC(=O)[C@H](CC(C)C)NC=O)C(CCCCCC)C(=O)O1. The van der Waals surface area contributed by atoms with Gasteiger partial charge in [-0.1, -0.05) is 105 Å². The number of amides is 1. The van der Waals surface area contributed by atoms with Crippen molar-refractivity contribution in [2.45, 2.75) is 155 Å². The second kappa shape index (κ2) is 19.6. The van der Waals surface area contributed by atoms with Gasteiger partial charge in [-0.3, -0.25) is 9.59 Å². The summed E-state index contributed by atoms with van der Waals surface area (Å²) in [5, 5.41) is 2.60. The molecule has 35 heavy (non-hydrogen) atoms. The molecule has 1 saturated heterocycles. The van der Waals surface area contributed by atoms with Crippen molar-refractivity contribution < 1.29 is 23.9 Å².